The summed E-state index contributed by atoms with van der Waals surface area (Å²) in [6.45, 7) is 3.58. The van der Waals surface area contributed by atoms with E-state index in [1.807, 2.05) is 5.38 Å². The van der Waals surface area contributed by atoms with Crippen molar-refractivity contribution in [3.8, 4) is 0 Å². The summed E-state index contributed by atoms with van der Waals surface area (Å²) in [5.74, 6) is 0.206. The number of likely N-dealkylation sites (tertiary alicyclic amines) is 1. The summed E-state index contributed by atoms with van der Waals surface area (Å²) in [5, 5.41) is 12.0. The third-order valence-electron chi connectivity index (χ3n) is 4.08. The van der Waals surface area contributed by atoms with Crippen molar-refractivity contribution in [2.75, 3.05) is 19.7 Å². The topological polar surface area (TPSA) is 53.4 Å². The molecule has 22 heavy (non-hydrogen) atoms. The number of rotatable bonds is 4. The van der Waals surface area contributed by atoms with E-state index in [0.717, 1.165) is 24.4 Å². The van der Waals surface area contributed by atoms with E-state index in [-0.39, 0.29) is 18.4 Å². The number of carbonyl (C=O) groups is 1. The van der Waals surface area contributed by atoms with E-state index in [1.165, 1.54) is 22.5 Å². The van der Waals surface area contributed by atoms with Crippen LogP contribution in [0.5, 0.6) is 0 Å². The maximum Gasteiger partial charge on any atom is 0.273 e. The highest BCUT2D eigenvalue weighted by molar-refractivity contribution is 7.09. The molecule has 1 aromatic heterocycles. The normalized spacial score (nSPS) is 17.9. The monoisotopic (exact) mass is 316 g/mol. The van der Waals surface area contributed by atoms with Gasteiger partial charge in [0.05, 0.1) is 5.01 Å². The molecule has 1 atom stereocenters. The first kappa shape index (κ1) is 15.2. The number of aliphatic hydroxyl groups is 1. The minimum Gasteiger partial charge on any atom is -0.396 e. The minimum atomic E-state index is -0.0117. The smallest absolute Gasteiger partial charge is 0.273 e. The Bertz CT molecular complexity index is 651. The molecule has 0 aliphatic carbocycles. The Kier molecular flexibility index (Phi) is 4.55. The number of hydrogen-bond acceptors (Lipinski definition) is 4. The number of aliphatic hydroxyl groups excluding tert-OH is 1. The summed E-state index contributed by atoms with van der Waals surface area (Å²) in [6.07, 6.45) is 1.64. The third-order valence-corrected chi connectivity index (χ3v) is 4.93. The van der Waals surface area contributed by atoms with Crippen LogP contribution >= 0.6 is 11.3 Å². The third kappa shape index (κ3) is 3.36. The zero-order valence-corrected chi connectivity index (χ0v) is 13.5. The number of amides is 1. The number of nitrogens with zero attached hydrogens (tertiary/aromatic N) is 2. The Labute approximate surface area is 134 Å². The number of benzene rings is 1. The van der Waals surface area contributed by atoms with Gasteiger partial charge >= 0.3 is 0 Å². The first-order valence-corrected chi connectivity index (χ1v) is 8.44. The van der Waals surface area contributed by atoms with Gasteiger partial charge in [0.2, 0.25) is 0 Å². The maximum atomic E-state index is 12.4. The van der Waals surface area contributed by atoms with Crippen LogP contribution in [0.2, 0.25) is 0 Å². The van der Waals surface area contributed by atoms with Crippen LogP contribution in [0.25, 0.3) is 0 Å². The van der Waals surface area contributed by atoms with Gasteiger partial charge in [-0.25, -0.2) is 4.98 Å². The van der Waals surface area contributed by atoms with Gasteiger partial charge in [0, 0.05) is 37.4 Å². The van der Waals surface area contributed by atoms with Gasteiger partial charge in [-0.15, -0.1) is 11.3 Å². The van der Waals surface area contributed by atoms with E-state index < -0.39 is 0 Å². The zero-order chi connectivity index (χ0) is 15.5. The first-order chi connectivity index (χ1) is 10.7. The van der Waals surface area contributed by atoms with E-state index in [2.05, 4.69) is 36.2 Å². The molecule has 2 heterocycles. The van der Waals surface area contributed by atoms with Crippen molar-refractivity contribution < 1.29 is 9.90 Å². The molecule has 0 saturated carbocycles. The van der Waals surface area contributed by atoms with Crippen LogP contribution in [0, 0.1) is 12.8 Å². The van der Waals surface area contributed by atoms with Crippen molar-refractivity contribution >= 4 is 17.2 Å². The van der Waals surface area contributed by atoms with Crippen LogP contribution in [-0.4, -0.2) is 40.6 Å². The number of aromatic nitrogens is 1. The lowest BCUT2D eigenvalue weighted by molar-refractivity contribution is 0.0776. The van der Waals surface area contributed by atoms with Crippen LogP contribution in [0.3, 0.4) is 0 Å². The summed E-state index contributed by atoms with van der Waals surface area (Å²) < 4.78 is 0. The molecule has 1 amide bonds. The molecule has 0 bridgehead atoms. The average Bonchev–Trinajstić information content (AvgIpc) is 3.18. The van der Waals surface area contributed by atoms with Gasteiger partial charge < -0.3 is 10.0 Å². The lowest BCUT2D eigenvalue weighted by atomic mass is 10.1. The highest BCUT2D eigenvalue weighted by atomic mass is 32.1. The van der Waals surface area contributed by atoms with Gasteiger partial charge in [0.25, 0.3) is 5.91 Å². The molecular weight excluding hydrogens is 296 g/mol. The van der Waals surface area contributed by atoms with Crippen LogP contribution < -0.4 is 0 Å². The second kappa shape index (κ2) is 6.58. The van der Waals surface area contributed by atoms with E-state index in [0.29, 0.717) is 12.2 Å². The molecule has 1 aromatic carbocycles. The fraction of sp³-hybridized carbons (Fsp3) is 0.412. The van der Waals surface area contributed by atoms with E-state index in [9.17, 15) is 9.90 Å². The fourth-order valence-electron chi connectivity index (χ4n) is 2.70. The molecule has 5 heteroatoms. The Morgan fingerprint density at radius 1 is 1.41 bits per heavy atom. The largest absolute Gasteiger partial charge is 0.396 e. The summed E-state index contributed by atoms with van der Waals surface area (Å²) >= 11 is 1.53. The van der Waals surface area contributed by atoms with Gasteiger partial charge in [-0.05, 0) is 18.9 Å². The van der Waals surface area contributed by atoms with Gasteiger partial charge in [-0.3, -0.25) is 4.79 Å². The molecule has 1 fully saturated rings. The van der Waals surface area contributed by atoms with Gasteiger partial charge in [-0.1, -0.05) is 29.8 Å². The molecular formula is C17H20N2O2S. The van der Waals surface area contributed by atoms with Crippen molar-refractivity contribution in [3.05, 3.63) is 51.5 Å². The molecule has 116 valence electrons. The van der Waals surface area contributed by atoms with Gasteiger partial charge in [-0.2, -0.15) is 0 Å². The molecule has 2 aromatic rings. The maximum absolute atomic E-state index is 12.4. The van der Waals surface area contributed by atoms with E-state index in [1.54, 1.807) is 4.90 Å². The van der Waals surface area contributed by atoms with Crippen LogP contribution in [-0.2, 0) is 6.42 Å². The van der Waals surface area contributed by atoms with Crippen LogP contribution in [0.1, 0.15) is 33.0 Å². The molecule has 0 spiro atoms. The lowest BCUT2D eigenvalue weighted by Crippen LogP contribution is -2.29. The summed E-state index contributed by atoms with van der Waals surface area (Å²) in [4.78, 5) is 18.7. The van der Waals surface area contributed by atoms with E-state index in [4.69, 9.17) is 0 Å². The van der Waals surface area contributed by atoms with Gasteiger partial charge in [0.1, 0.15) is 5.69 Å². The summed E-state index contributed by atoms with van der Waals surface area (Å²) in [5.41, 5.74) is 2.98. The molecule has 1 N–H and O–H groups in total. The van der Waals surface area contributed by atoms with Crippen LogP contribution in [0.15, 0.2) is 29.6 Å². The molecule has 1 aliphatic heterocycles. The lowest BCUT2D eigenvalue weighted by Gasteiger charge is -2.14. The number of hydrogen-bond donors (Lipinski definition) is 1. The molecule has 1 unspecified atom stereocenters. The van der Waals surface area contributed by atoms with Crippen molar-refractivity contribution in [2.24, 2.45) is 5.92 Å². The summed E-state index contributed by atoms with van der Waals surface area (Å²) in [6, 6.07) is 8.39. The summed E-state index contributed by atoms with van der Waals surface area (Å²) in [7, 11) is 0. The van der Waals surface area contributed by atoms with Crippen molar-refractivity contribution in [1.29, 1.82) is 0 Å². The number of aryl methyl sites for hydroxylation is 1. The van der Waals surface area contributed by atoms with Crippen molar-refractivity contribution in [2.45, 2.75) is 19.8 Å². The standard InChI is InChI=1S/C17H20N2O2S/c1-12-2-4-13(5-3-12)8-16-18-15(11-22-16)17(21)19-7-6-14(9-19)10-20/h2-5,11,14,20H,6-10H2,1H3. The average molecular weight is 316 g/mol. The molecule has 1 aliphatic rings. The quantitative estimate of drug-likeness (QED) is 0.943. The Morgan fingerprint density at radius 3 is 2.86 bits per heavy atom. The van der Waals surface area contributed by atoms with Crippen LogP contribution in [0.4, 0.5) is 0 Å². The van der Waals surface area contributed by atoms with Gasteiger partial charge in [0.15, 0.2) is 0 Å². The Balaban J connectivity index is 1.66. The van der Waals surface area contributed by atoms with Crippen molar-refractivity contribution in [1.82, 2.24) is 9.88 Å². The fourth-order valence-corrected chi connectivity index (χ4v) is 3.50. The minimum absolute atomic E-state index is 0.0117. The van der Waals surface area contributed by atoms with Crippen molar-refractivity contribution in [3.63, 3.8) is 0 Å². The van der Waals surface area contributed by atoms with E-state index >= 15 is 0 Å². The molecule has 4 nitrogen and oxygen atoms in total. The second-order valence-corrected chi connectivity index (χ2v) is 6.82. The Hall–Kier alpha value is -1.72. The molecule has 0 radical (unpaired) electrons. The Morgan fingerprint density at radius 2 is 2.18 bits per heavy atom. The predicted octanol–water partition coefficient (Wildman–Crippen LogP) is 2.50. The zero-order valence-electron chi connectivity index (χ0n) is 12.7. The SMILES string of the molecule is Cc1ccc(Cc2nc(C(=O)N3CCC(CO)C3)cs2)cc1. The second-order valence-electron chi connectivity index (χ2n) is 5.88. The predicted molar refractivity (Wildman–Crippen MR) is 87.2 cm³/mol. The highest BCUT2D eigenvalue weighted by Crippen LogP contribution is 2.20. The molecule has 3 rings (SSSR count). The first-order valence-electron chi connectivity index (χ1n) is 7.56. The number of carbonyl (C=O) groups excluding carboxylic acids is 1. The molecule has 1 saturated heterocycles. The number of thiazole rings is 1. The highest BCUT2D eigenvalue weighted by Gasteiger charge is 2.27.